The normalized spacial score (nSPS) is 18.9. The zero-order chi connectivity index (χ0) is 18.8. The summed E-state index contributed by atoms with van der Waals surface area (Å²) in [6.07, 6.45) is 8.16. The van der Waals surface area contributed by atoms with Gasteiger partial charge >= 0.3 is 0 Å². The molecular formula is C17H19N7O2S. The molecule has 1 aliphatic rings. The van der Waals surface area contributed by atoms with Crippen molar-refractivity contribution in [2.24, 2.45) is 5.92 Å². The van der Waals surface area contributed by atoms with Crippen LogP contribution < -0.4 is 0 Å². The lowest BCUT2D eigenvalue weighted by atomic mass is 9.97. The smallest absolute Gasteiger partial charge is 0.153 e. The summed E-state index contributed by atoms with van der Waals surface area (Å²) in [5.74, 6) is 0.257. The molecule has 3 aromatic rings. The number of nitrogens with zero attached hydrogens (tertiary/aromatic N) is 6. The van der Waals surface area contributed by atoms with E-state index in [0.717, 1.165) is 35.3 Å². The predicted octanol–water partition coefficient (Wildman–Crippen LogP) is 1.17. The van der Waals surface area contributed by atoms with Crippen molar-refractivity contribution in [2.45, 2.75) is 18.9 Å². The first-order valence-electron chi connectivity index (χ1n) is 8.69. The summed E-state index contributed by atoms with van der Waals surface area (Å²) in [6, 6.07) is 4.07. The first kappa shape index (κ1) is 17.6. The molecule has 4 heterocycles. The molecule has 0 amide bonds. The first-order chi connectivity index (χ1) is 13.2. The van der Waals surface area contributed by atoms with Gasteiger partial charge in [0, 0.05) is 29.9 Å². The number of likely N-dealkylation sites (tertiary alicyclic amines) is 1. The number of nitrogens with one attached hydrogen (secondary N) is 1. The van der Waals surface area contributed by atoms with Crippen LogP contribution in [0.1, 0.15) is 18.9 Å². The number of rotatable bonds is 6. The van der Waals surface area contributed by atoms with Crippen LogP contribution in [-0.2, 0) is 10.7 Å². The Morgan fingerprint density at radius 1 is 1.41 bits per heavy atom. The Labute approximate surface area is 157 Å². The Balaban J connectivity index is 1.60. The van der Waals surface area contributed by atoms with Crippen LogP contribution in [0.4, 0.5) is 0 Å². The largest absolute Gasteiger partial charge is 0.346 e. The highest BCUT2D eigenvalue weighted by molar-refractivity contribution is 7.72. The second kappa shape index (κ2) is 7.46. The average molecular weight is 385 g/mol. The van der Waals surface area contributed by atoms with Crippen molar-refractivity contribution in [3.8, 4) is 17.3 Å². The van der Waals surface area contributed by atoms with Crippen molar-refractivity contribution in [3.05, 3.63) is 31.0 Å². The topological polar surface area (TPSA) is 121 Å². The van der Waals surface area contributed by atoms with E-state index >= 15 is 0 Å². The van der Waals surface area contributed by atoms with Gasteiger partial charge in [0.1, 0.15) is 12.0 Å². The number of thiol groups is 1. The quantitative estimate of drug-likeness (QED) is 0.611. The van der Waals surface area contributed by atoms with E-state index in [9.17, 15) is 13.7 Å². The second-order valence-corrected chi connectivity index (χ2v) is 7.65. The Bertz CT molecular complexity index is 1060. The van der Waals surface area contributed by atoms with E-state index < -0.39 is 10.7 Å². The molecule has 2 atom stereocenters. The molecule has 1 fully saturated rings. The van der Waals surface area contributed by atoms with E-state index in [1.165, 1.54) is 6.33 Å². The lowest BCUT2D eigenvalue weighted by Gasteiger charge is -2.22. The molecule has 2 unspecified atom stereocenters. The molecule has 1 N–H and O–H groups in total. The molecule has 0 radical (unpaired) electrons. The van der Waals surface area contributed by atoms with Gasteiger partial charge in [-0.3, -0.25) is 9.58 Å². The van der Waals surface area contributed by atoms with Gasteiger partial charge in [-0.25, -0.2) is 18.4 Å². The molecule has 0 aliphatic carbocycles. The van der Waals surface area contributed by atoms with E-state index in [1.54, 1.807) is 6.20 Å². The molecule has 10 heteroatoms. The van der Waals surface area contributed by atoms with Gasteiger partial charge in [-0.1, -0.05) is 0 Å². The molecule has 0 aromatic carbocycles. The summed E-state index contributed by atoms with van der Waals surface area (Å²) in [6.45, 7) is 1.38. The van der Waals surface area contributed by atoms with Crippen molar-refractivity contribution in [3.63, 3.8) is 0 Å². The maximum Gasteiger partial charge on any atom is 0.153 e. The molecule has 0 spiro atoms. The van der Waals surface area contributed by atoms with E-state index in [0.29, 0.717) is 13.0 Å². The summed E-state index contributed by atoms with van der Waals surface area (Å²) >= 11 is 0. The minimum atomic E-state index is -2.43. The van der Waals surface area contributed by atoms with Crippen LogP contribution in [0.25, 0.3) is 22.3 Å². The minimum Gasteiger partial charge on any atom is -0.346 e. The molecule has 0 saturated carbocycles. The number of hydrogen-bond donors (Lipinski definition) is 2. The lowest BCUT2D eigenvalue weighted by Crippen LogP contribution is -2.26. The molecule has 140 valence electrons. The average Bonchev–Trinajstić information content (AvgIpc) is 3.39. The lowest BCUT2D eigenvalue weighted by molar-refractivity contribution is 0.295. The van der Waals surface area contributed by atoms with E-state index in [2.05, 4.69) is 26.1 Å². The van der Waals surface area contributed by atoms with Gasteiger partial charge in [0.05, 0.1) is 36.3 Å². The number of hydrogen-bond acceptors (Lipinski definition) is 7. The Kier molecular flexibility index (Phi) is 4.87. The number of aromatic nitrogens is 5. The number of aromatic amines is 1. The Hall–Kier alpha value is -2.77. The van der Waals surface area contributed by atoms with Crippen LogP contribution in [0.15, 0.2) is 31.0 Å². The molecular weight excluding hydrogens is 366 g/mol. The summed E-state index contributed by atoms with van der Waals surface area (Å²) < 4.78 is 23.8. The summed E-state index contributed by atoms with van der Waals surface area (Å²) in [7, 11) is -2.43. The van der Waals surface area contributed by atoms with Crippen LogP contribution in [0.5, 0.6) is 0 Å². The molecule has 0 bridgehead atoms. The highest BCUT2D eigenvalue weighted by atomic mass is 32.2. The third-order valence-electron chi connectivity index (χ3n) is 5.04. The van der Waals surface area contributed by atoms with Crippen LogP contribution in [0.3, 0.4) is 0 Å². The highest BCUT2D eigenvalue weighted by Gasteiger charge is 2.31. The third-order valence-corrected chi connectivity index (χ3v) is 5.67. The summed E-state index contributed by atoms with van der Waals surface area (Å²) in [5.41, 5.74) is 2.42. The van der Waals surface area contributed by atoms with Gasteiger partial charge < -0.3 is 4.98 Å². The molecule has 3 aromatic heterocycles. The Morgan fingerprint density at radius 2 is 2.30 bits per heavy atom. The van der Waals surface area contributed by atoms with E-state index in [1.807, 2.05) is 28.0 Å². The zero-order valence-corrected chi connectivity index (χ0v) is 15.4. The second-order valence-electron chi connectivity index (χ2n) is 6.70. The van der Waals surface area contributed by atoms with E-state index in [4.69, 9.17) is 0 Å². The SMILES string of the molecule is N#CCC(C1CCN(C[SH](=O)=O)C1)n1cc(-c2ncnc3[nH]ccc23)cn1. The van der Waals surface area contributed by atoms with Crippen LogP contribution in [0, 0.1) is 17.2 Å². The highest BCUT2D eigenvalue weighted by Crippen LogP contribution is 2.32. The van der Waals surface area contributed by atoms with Gasteiger partial charge in [0.15, 0.2) is 10.7 Å². The predicted molar refractivity (Wildman–Crippen MR) is 99.2 cm³/mol. The van der Waals surface area contributed by atoms with E-state index in [-0.39, 0.29) is 17.8 Å². The summed E-state index contributed by atoms with van der Waals surface area (Å²) in [4.78, 5) is 13.6. The van der Waals surface area contributed by atoms with Crippen LogP contribution in [0.2, 0.25) is 0 Å². The number of nitriles is 1. The van der Waals surface area contributed by atoms with Crippen LogP contribution in [-0.4, -0.2) is 57.0 Å². The van der Waals surface area contributed by atoms with Crippen molar-refractivity contribution in [1.82, 2.24) is 29.6 Å². The fourth-order valence-electron chi connectivity index (χ4n) is 3.78. The minimum absolute atomic E-state index is 0.0713. The van der Waals surface area contributed by atoms with Crippen molar-refractivity contribution in [2.75, 3.05) is 19.0 Å². The zero-order valence-electron chi connectivity index (χ0n) is 14.5. The number of fused-ring (bicyclic) bond motifs is 1. The summed E-state index contributed by atoms with van der Waals surface area (Å²) in [5, 5.41) is 14.7. The van der Waals surface area contributed by atoms with Gasteiger partial charge in [0.25, 0.3) is 0 Å². The fourth-order valence-corrected chi connectivity index (χ4v) is 4.37. The van der Waals surface area contributed by atoms with Crippen molar-refractivity contribution >= 4 is 21.7 Å². The van der Waals surface area contributed by atoms with Crippen molar-refractivity contribution in [1.29, 1.82) is 5.26 Å². The van der Waals surface area contributed by atoms with Gasteiger partial charge in [-0.15, -0.1) is 0 Å². The molecule has 1 saturated heterocycles. The maximum atomic E-state index is 11.0. The molecule has 27 heavy (non-hydrogen) atoms. The third kappa shape index (κ3) is 3.56. The Morgan fingerprint density at radius 3 is 3.11 bits per heavy atom. The van der Waals surface area contributed by atoms with Crippen molar-refractivity contribution < 1.29 is 8.42 Å². The molecule has 9 nitrogen and oxygen atoms in total. The molecule has 1 aliphatic heterocycles. The van der Waals surface area contributed by atoms with Gasteiger partial charge in [-0.05, 0) is 24.9 Å². The standard InChI is InChI=1S/C17H19N7O2S/c18-4-1-15(12-3-6-23(8-12)11-27(25)26)24-9-13(7-22-24)16-14-2-5-19-17(14)21-10-20-16/h2,5,7,9-10,12,15,27H,1,3,6,8,11H2,(H,19,20,21). The number of H-pyrrole nitrogens is 1. The first-order valence-corrected chi connectivity index (χ1v) is 10.1. The van der Waals surface area contributed by atoms with Crippen LogP contribution >= 0.6 is 0 Å². The maximum absolute atomic E-state index is 11.0. The fraction of sp³-hybridized carbons (Fsp3) is 0.412. The van der Waals surface area contributed by atoms with Gasteiger partial charge in [0.2, 0.25) is 0 Å². The van der Waals surface area contributed by atoms with Gasteiger partial charge in [-0.2, -0.15) is 10.4 Å². The molecule has 4 rings (SSSR count). The monoisotopic (exact) mass is 385 g/mol.